The Bertz CT molecular complexity index is 139. The first-order valence-corrected chi connectivity index (χ1v) is 4.69. The van der Waals surface area contributed by atoms with Crippen molar-refractivity contribution in [3.63, 3.8) is 0 Å². The predicted molar refractivity (Wildman–Crippen MR) is 43.5 cm³/mol. The fourth-order valence-electron chi connectivity index (χ4n) is 1.66. The predicted octanol–water partition coefficient (Wildman–Crippen LogP) is 0.854. The smallest absolute Gasteiger partial charge is 0.122 e. The number of aliphatic hydroxyl groups excluding tert-OH is 2. The van der Waals surface area contributed by atoms with Gasteiger partial charge < -0.3 is 10.2 Å². The minimum absolute atomic E-state index is 0.123. The molecule has 1 aliphatic carbocycles. The van der Waals surface area contributed by atoms with Crippen molar-refractivity contribution in [2.75, 3.05) is 18.5 Å². The quantitative estimate of drug-likeness (QED) is 0.702. The molecule has 0 radical (unpaired) electrons. The van der Waals surface area contributed by atoms with E-state index in [0.717, 1.165) is 0 Å². The highest BCUT2D eigenvalue weighted by atomic mass is 79.9. The van der Waals surface area contributed by atoms with Crippen LogP contribution in [0.2, 0.25) is 0 Å². The van der Waals surface area contributed by atoms with Crippen LogP contribution in [0.5, 0.6) is 0 Å². The number of halogens is 2. The molecule has 1 saturated carbocycles. The molecule has 0 heterocycles. The Balaban J connectivity index is 2.47. The van der Waals surface area contributed by atoms with Crippen LogP contribution in [0, 0.1) is 5.41 Å². The molecule has 66 valence electrons. The Morgan fingerprint density at radius 1 is 1.27 bits per heavy atom. The molecule has 2 N–H and O–H groups in total. The molecule has 4 heteroatoms. The molecule has 0 amide bonds. The molecule has 2 nitrogen and oxygen atoms in total. The highest BCUT2D eigenvalue weighted by Gasteiger charge is 2.54. The van der Waals surface area contributed by atoms with Gasteiger partial charge in [-0.25, -0.2) is 4.39 Å². The monoisotopic (exact) mass is 226 g/mol. The summed E-state index contributed by atoms with van der Waals surface area (Å²) >= 11 is 3.05. The highest BCUT2D eigenvalue weighted by Crippen LogP contribution is 2.51. The first-order valence-electron chi connectivity index (χ1n) is 3.56. The molecule has 0 bridgehead atoms. The van der Waals surface area contributed by atoms with Crippen LogP contribution in [0.4, 0.5) is 4.39 Å². The number of aliphatic hydroxyl groups is 2. The second-order valence-corrected chi connectivity index (χ2v) is 4.02. The lowest BCUT2D eigenvalue weighted by molar-refractivity contribution is -0.108. The Hall–Kier alpha value is 0.330. The molecule has 1 rings (SSSR count). The van der Waals surface area contributed by atoms with Gasteiger partial charge in [0.05, 0.1) is 13.2 Å². The lowest BCUT2D eigenvalue weighted by Gasteiger charge is -2.49. The van der Waals surface area contributed by atoms with E-state index in [1.54, 1.807) is 0 Å². The van der Waals surface area contributed by atoms with Crippen molar-refractivity contribution in [1.82, 2.24) is 0 Å². The van der Waals surface area contributed by atoms with Gasteiger partial charge in [0.15, 0.2) is 0 Å². The summed E-state index contributed by atoms with van der Waals surface area (Å²) in [6.45, 7) is -0.246. The summed E-state index contributed by atoms with van der Waals surface area (Å²) < 4.78 is 13.2. The van der Waals surface area contributed by atoms with Gasteiger partial charge in [-0.15, -0.1) is 0 Å². The van der Waals surface area contributed by atoms with E-state index in [-0.39, 0.29) is 26.1 Å². The minimum atomic E-state index is -1.20. The maximum Gasteiger partial charge on any atom is 0.122 e. The Labute approximate surface area is 73.5 Å². The molecule has 0 spiro atoms. The molecular formula is C7H12BrFO2. The van der Waals surface area contributed by atoms with Gasteiger partial charge in [0.1, 0.15) is 5.67 Å². The van der Waals surface area contributed by atoms with E-state index in [2.05, 4.69) is 15.9 Å². The first kappa shape index (κ1) is 9.42. The third-order valence-electron chi connectivity index (χ3n) is 2.29. The normalized spacial score (nSPS) is 26.2. The second-order valence-electron chi connectivity index (χ2n) is 3.45. The van der Waals surface area contributed by atoms with Crippen LogP contribution in [0.3, 0.4) is 0 Å². The van der Waals surface area contributed by atoms with E-state index < -0.39 is 11.1 Å². The van der Waals surface area contributed by atoms with Crippen molar-refractivity contribution in [2.24, 2.45) is 5.41 Å². The van der Waals surface area contributed by atoms with Crippen LogP contribution in [0.1, 0.15) is 12.8 Å². The molecular weight excluding hydrogens is 215 g/mol. The van der Waals surface area contributed by atoms with E-state index in [0.29, 0.717) is 5.33 Å². The first-order chi connectivity index (χ1) is 5.10. The Morgan fingerprint density at radius 3 is 2.00 bits per heavy atom. The van der Waals surface area contributed by atoms with Crippen LogP contribution < -0.4 is 0 Å². The van der Waals surface area contributed by atoms with Gasteiger partial charge in [-0.2, -0.15) is 0 Å². The van der Waals surface area contributed by atoms with E-state index >= 15 is 0 Å². The molecule has 0 aliphatic heterocycles. The van der Waals surface area contributed by atoms with E-state index in [1.807, 2.05) is 0 Å². The summed E-state index contributed by atoms with van der Waals surface area (Å²) in [6, 6.07) is 0. The lowest BCUT2D eigenvalue weighted by Crippen LogP contribution is -2.54. The number of rotatable bonds is 3. The van der Waals surface area contributed by atoms with E-state index in [4.69, 9.17) is 10.2 Å². The van der Waals surface area contributed by atoms with Crippen molar-refractivity contribution < 1.29 is 14.6 Å². The molecule has 0 aromatic carbocycles. The van der Waals surface area contributed by atoms with Crippen molar-refractivity contribution in [3.8, 4) is 0 Å². The fraction of sp³-hybridized carbons (Fsp3) is 1.00. The minimum Gasteiger partial charge on any atom is -0.396 e. The number of alkyl halides is 2. The summed E-state index contributed by atoms with van der Waals surface area (Å²) in [5.74, 6) is 0. The Kier molecular flexibility index (Phi) is 2.56. The van der Waals surface area contributed by atoms with Gasteiger partial charge in [0, 0.05) is 10.7 Å². The highest BCUT2D eigenvalue weighted by molar-refractivity contribution is 9.09. The average Bonchev–Trinajstić information content (AvgIpc) is 1.98. The van der Waals surface area contributed by atoms with Crippen molar-refractivity contribution in [3.05, 3.63) is 0 Å². The molecule has 0 unspecified atom stereocenters. The largest absolute Gasteiger partial charge is 0.396 e. The lowest BCUT2D eigenvalue weighted by atomic mass is 9.62. The Morgan fingerprint density at radius 2 is 1.73 bits per heavy atom. The van der Waals surface area contributed by atoms with Gasteiger partial charge in [0.25, 0.3) is 0 Å². The zero-order chi connectivity index (χ0) is 8.54. The molecule has 0 aromatic heterocycles. The summed E-state index contributed by atoms with van der Waals surface area (Å²) in [7, 11) is 0. The maximum atomic E-state index is 13.2. The third-order valence-corrected chi connectivity index (χ3v) is 3.30. The molecule has 0 saturated heterocycles. The molecule has 0 atom stereocenters. The van der Waals surface area contributed by atoms with Crippen LogP contribution >= 0.6 is 15.9 Å². The molecule has 1 fully saturated rings. The summed E-state index contributed by atoms with van der Waals surface area (Å²) in [5, 5.41) is 17.9. The molecule has 0 aromatic rings. The number of hydrogen-bond acceptors (Lipinski definition) is 2. The second kappa shape index (κ2) is 2.99. The average molecular weight is 227 g/mol. The van der Waals surface area contributed by atoms with Crippen LogP contribution in [-0.2, 0) is 0 Å². The van der Waals surface area contributed by atoms with E-state index in [1.165, 1.54) is 0 Å². The standard InChI is InChI=1S/C7H12BrFO2/c8-3-7(9)1-6(2-7,4-10)5-11/h10-11H,1-5H2. The van der Waals surface area contributed by atoms with Crippen LogP contribution in [0.15, 0.2) is 0 Å². The maximum absolute atomic E-state index is 13.2. The SMILES string of the molecule is OCC1(CO)CC(F)(CBr)C1. The molecule has 11 heavy (non-hydrogen) atoms. The van der Waals surface area contributed by atoms with Crippen molar-refractivity contribution in [2.45, 2.75) is 18.5 Å². The zero-order valence-corrected chi connectivity index (χ0v) is 7.77. The van der Waals surface area contributed by atoms with Gasteiger partial charge in [-0.1, -0.05) is 15.9 Å². The van der Waals surface area contributed by atoms with Crippen molar-refractivity contribution in [1.29, 1.82) is 0 Å². The van der Waals surface area contributed by atoms with Gasteiger partial charge in [-0.05, 0) is 12.8 Å². The fourth-order valence-corrected chi connectivity index (χ4v) is 2.06. The zero-order valence-electron chi connectivity index (χ0n) is 6.19. The summed E-state index contributed by atoms with van der Waals surface area (Å²) in [5.41, 5.74) is -1.76. The van der Waals surface area contributed by atoms with E-state index in [9.17, 15) is 4.39 Å². The van der Waals surface area contributed by atoms with Crippen LogP contribution in [0.25, 0.3) is 0 Å². The van der Waals surface area contributed by atoms with Gasteiger partial charge >= 0.3 is 0 Å². The molecule has 1 aliphatic rings. The van der Waals surface area contributed by atoms with Crippen molar-refractivity contribution >= 4 is 15.9 Å². The summed E-state index contributed by atoms with van der Waals surface area (Å²) in [4.78, 5) is 0. The van der Waals surface area contributed by atoms with Crippen LogP contribution in [-0.4, -0.2) is 34.4 Å². The topological polar surface area (TPSA) is 40.5 Å². The summed E-state index contributed by atoms with van der Waals surface area (Å²) in [6.07, 6.45) is 0.524. The number of hydrogen-bond donors (Lipinski definition) is 2. The third kappa shape index (κ3) is 1.58. The van der Waals surface area contributed by atoms with Gasteiger partial charge in [0.2, 0.25) is 0 Å². The van der Waals surface area contributed by atoms with Gasteiger partial charge in [-0.3, -0.25) is 0 Å².